The molecule has 1 N–H and O–H groups in total. The van der Waals surface area contributed by atoms with Crippen molar-refractivity contribution in [1.82, 2.24) is 0 Å². The highest BCUT2D eigenvalue weighted by Gasteiger charge is 2.08. The zero-order chi connectivity index (χ0) is 16.4. The van der Waals surface area contributed by atoms with Crippen molar-refractivity contribution >= 4 is 11.6 Å². The van der Waals surface area contributed by atoms with Gasteiger partial charge < -0.3 is 5.11 Å². The number of hydrogen-bond donors (Lipinski definition) is 1. The summed E-state index contributed by atoms with van der Waals surface area (Å²) in [6, 6.07) is 10.4. The van der Waals surface area contributed by atoms with Crippen molar-refractivity contribution in [3.63, 3.8) is 0 Å². The maximum Gasteiger partial charge on any atom is 0.0781 e. The number of allylic oxidation sites excluding steroid dienone is 2. The molecule has 0 spiro atoms. The van der Waals surface area contributed by atoms with Crippen molar-refractivity contribution in [3.8, 4) is 0 Å². The lowest BCUT2D eigenvalue weighted by molar-refractivity contribution is 0.213. The standard InChI is InChI=1S/C20H27ClO/c1-4-8-20(22)17(3)13-16(2)11-12-19(15-21)14-18-9-6-5-7-10-18/h4-7,9-10,13,15-16,20,22H,1,8,11-12,14H2,2-3H3/b17-13+,19-15+/t16-,20+/m0/s1. The molecule has 0 saturated heterocycles. The van der Waals surface area contributed by atoms with E-state index in [1.807, 2.05) is 13.0 Å². The second-order valence-electron chi connectivity index (χ2n) is 5.90. The third-order valence-corrected chi connectivity index (χ3v) is 4.12. The zero-order valence-electron chi connectivity index (χ0n) is 13.6. The smallest absolute Gasteiger partial charge is 0.0781 e. The van der Waals surface area contributed by atoms with E-state index < -0.39 is 6.10 Å². The molecular weight excluding hydrogens is 292 g/mol. The number of rotatable bonds is 9. The van der Waals surface area contributed by atoms with Gasteiger partial charge in [-0.1, -0.05) is 66.6 Å². The summed E-state index contributed by atoms with van der Waals surface area (Å²) in [4.78, 5) is 0. The normalized spacial score (nSPS) is 15.5. The lowest BCUT2D eigenvalue weighted by Crippen LogP contribution is -2.08. The summed E-state index contributed by atoms with van der Waals surface area (Å²) in [5, 5.41) is 9.91. The minimum atomic E-state index is -0.410. The van der Waals surface area contributed by atoms with Gasteiger partial charge in [-0.3, -0.25) is 0 Å². The van der Waals surface area contributed by atoms with Crippen molar-refractivity contribution in [2.45, 2.75) is 45.6 Å². The number of aliphatic hydroxyl groups is 1. The zero-order valence-corrected chi connectivity index (χ0v) is 14.4. The van der Waals surface area contributed by atoms with Gasteiger partial charge in [0.2, 0.25) is 0 Å². The molecule has 0 saturated carbocycles. The van der Waals surface area contributed by atoms with Gasteiger partial charge in [0.25, 0.3) is 0 Å². The molecule has 0 aromatic heterocycles. The number of aliphatic hydroxyl groups excluding tert-OH is 1. The van der Waals surface area contributed by atoms with E-state index >= 15 is 0 Å². The molecule has 2 atom stereocenters. The fourth-order valence-electron chi connectivity index (χ4n) is 2.44. The molecule has 0 heterocycles. The van der Waals surface area contributed by atoms with E-state index in [0.29, 0.717) is 12.3 Å². The summed E-state index contributed by atoms with van der Waals surface area (Å²) in [5.41, 5.74) is 5.27. The first-order valence-electron chi connectivity index (χ1n) is 7.86. The van der Waals surface area contributed by atoms with Gasteiger partial charge in [0.05, 0.1) is 6.10 Å². The average Bonchev–Trinajstić information content (AvgIpc) is 2.52. The topological polar surface area (TPSA) is 20.2 Å². The van der Waals surface area contributed by atoms with E-state index in [9.17, 15) is 5.11 Å². The van der Waals surface area contributed by atoms with Crippen molar-refractivity contribution in [1.29, 1.82) is 0 Å². The average molecular weight is 319 g/mol. The van der Waals surface area contributed by atoms with Crippen LogP contribution >= 0.6 is 11.6 Å². The van der Waals surface area contributed by atoms with Crippen molar-refractivity contribution < 1.29 is 5.11 Å². The lowest BCUT2D eigenvalue weighted by atomic mass is 9.95. The molecule has 0 unspecified atom stereocenters. The molecule has 0 aliphatic carbocycles. The molecule has 0 amide bonds. The first-order valence-corrected chi connectivity index (χ1v) is 8.29. The third-order valence-electron chi connectivity index (χ3n) is 3.81. The maximum absolute atomic E-state index is 9.91. The summed E-state index contributed by atoms with van der Waals surface area (Å²) in [6.45, 7) is 7.82. The van der Waals surface area contributed by atoms with Crippen molar-refractivity contribution in [3.05, 3.63) is 71.3 Å². The summed E-state index contributed by atoms with van der Waals surface area (Å²) >= 11 is 5.97. The summed E-state index contributed by atoms with van der Waals surface area (Å²) in [6.07, 6.45) is 7.01. The second kappa shape index (κ2) is 10.4. The van der Waals surface area contributed by atoms with Crippen LogP contribution in [0.4, 0.5) is 0 Å². The van der Waals surface area contributed by atoms with E-state index in [-0.39, 0.29) is 0 Å². The van der Waals surface area contributed by atoms with Crippen molar-refractivity contribution in [2.75, 3.05) is 0 Å². The predicted molar refractivity (Wildman–Crippen MR) is 97.1 cm³/mol. The highest BCUT2D eigenvalue weighted by atomic mass is 35.5. The number of benzene rings is 1. The Morgan fingerprint density at radius 2 is 2.00 bits per heavy atom. The van der Waals surface area contributed by atoms with Gasteiger partial charge in [0.1, 0.15) is 0 Å². The van der Waals surface area contributed by atoms with E-state index in [1.165, 1.54) is 11.1 Å². The quantitative estimate of drug-likeness (QED) is 0.583. The Morgan fingerprint density at radius 1 is 1.32 bits per heavy atom. The van der Waals surface area contributed by atoms with Crippen LogP contribution in [-0.2, 0) is 6.42 Å². The summed E-state index contributed by atoms with van der Waals surface area (Å²) < 4.78 is 0. The van der Waals surface area contributed by atoms with E-state index in [4.69, 9.17) is 11.6 Å². The molecule has 0 aliphatic heterocycles. The lowest BCUT2D eigenvalue weighted by Gasteiger charge is -2.13. The van der Waals surface area contributed by atoms with Crippen LogP contribution in [0.15, 0.2) is 65.7 Å². The summed E-state index contributed by atoms with van der Waals surface area (Å²) in [7, 11) is 0. The highest BCUT2D eigenvalue weighted by Crippen LogP contribution is 2.20. The fraction of sp³-hybridized carbons (Fsp3) is 0.400. The van der Waals surface area contributed by atoms with Gasteiger partial charge in [-0.2, -0.15) is 0 Å². The largest absolute Gasteiger partial charge is 0.388 e. The Bertz CT molecular complexity index is 502. The third kappa shape index (κ3) is 7.11. The van der Waals surface area contributed by atoms with E-state index in [0.717, 1.165) is 24.8 Å². The molecule has 1 rings (SSSR count). The Balaban J connectivity index is 2.49. The Labute approximate surface area is 140 Å². The van der Waals surface area contributed by atoms with Gasteiger partial charge in [-0.25, -0.2) is 0 Å². The van der Waals surface area contributed by atoms with E-state index in [2.05, 4.69) is 43.8 Å². The van der Waals surface area contributed by atoms with Gasteiger partial charge in [0, 0.05) is 5.54 Å². The maximum atomic E-state index is 9.91. The van der Waals surface area contributed by atoms with Crippen LogP contribution in [0.2, 0.25) is 0 Å². The van der Waals surface area contributed by atoms with Crippen molar-refractivity contribution in [2.24, 2.45) is 5.92 Å². The molecule has 1 nitrogen and oxygen atoms in total. The van der Waals surface area contributed by atoms with Crippen LogP contribution in [0, 0.1) is 5.92 Å². The van der Waals surface area contributed by atoms with Crippen LogP contribution in [0.3, 0.4) is 0 Å². The molecule has 120 valence electrons. The monoisotopic (exact) mass is 318 g/mol. The molecular formula is C20H27ClO. The van der Waals surface area contributed by atoms with Gasteiger partial charge in [0.15, 0.2) is 0 Å². The molecule has 22 heavy (non-hydrogen) atoms. The van der Waals surface area contributed by atoms with Crippen LogP contribution in [0.1, 0.15) is 38.7 Å². The molecule has 0 radical (unpaired) electrons. The highest BCUT2D eigenvalue weighted by molar-refractivity contribution is 6.25. The fourth-order valence-corrected chi connectivity index (χ4v) is 2.63. The van der Waals surface area contributed by atoms with E-state index in [1.54, 1.807) is 11.6 Å². The minimum absolute atomic E-state index is 0.410. The SMILES string of the molecule is C=CC[C@@H](O)/C(C)=C/[C@@H](C)CC/C(=C\Cl)Cc1ccccc1. The Morgan fingerprint density at radius 3 is 2.59 bits per heavy atom. The molecule has 0 fully saturated rings. The molecule has 1 aromatic carbocycles. The van der Waals surface area contributed by atoms with Crippen LogP contribution in [0.5, 0.6) is 0 Å². The van der Waals surface area contributed by atoms with Gasteiger partial charge in [-0.15, -0.1) is 6.58 Å². The first kappa shape index (κ1) is 18.7. The number of halogens is 1. The predicted octanol–water partition coefficient (Wildman–Crippen LogP) is 5.65. The van der Waals surface area contributed by atoms with Crippen LogP contribution in [0.25, 0.3) is 0 Å². The van der Waals surface area contributed by atoms with Gasteiger partial charge >= 0.3 is 0 Å². The molecule has 2 heteroatoms. The second-order valence-corrected chi connectivity index (χ2v) is 6.11. The Hall–Kier alpha value is -1.31. The van der Waals surface area contributed by atoms with Gasteiger partial charge in [-0.05, 0) is 49.7 Å². The molecule has 0 bridgehead atoms. The minimum Gasteiger partial charge on any atom is -0.388 e. The van der Waals surface area contributed by atoms with Crippen LogP contribution in [-0.4, -0.2) is 11.2 Å². The molecule has 1 aromatic rings. The number of hydrogen-bond acceptors (Lipinski definition) is 1. The first-order chi connectivity index (χ1) is 10.6. The summed E-state index contributed by atoms with van der Waals surface area (Å²) in [5.74, 6) is 0.418. The Kier molecular flexibility index (Phi) is 8.88. The van der Waals surface area contributed by atoms with Crippen LogP contribution < -0.4 is 0 Å². The molecule has 0 aliphatic rings.